The summed E-state index contributed by atoms with van der Waals surface area (Å²) in [7, 11) is 0. The van der Waals surface area contributed by atoms with Crippen molar-refractivity contribution in [2.24, 2.45) is 0 Å². The van der Waals surface area contributed by atoms with Crippen LogP contribution in [0.5, 0.6) is 0 Å². The number of pyridine rings is 1. The van der Waals surface area contributed by atoms with Crippen molar-refractivity contribution in [3.8, 4) is 0 Å². The molecule has 1 fully saturated rings. The fourth-order valence-corrected chi connectivity index (χ4v) is 4.53. The molecule has 4 aromatic rings. The van der Waals surface area contributed by atoms with Gasteiger partial charge in [-0.15, -0.1) is 0 Å². The topological polar surface area (TPSA) is 78.7 Å². The number of hydrogen-bond donors (Lipinski definition) is 2. The Labute approximate surface area is 206 Å². The number of amides is 3. The summed E-state index contributed by atoms with van der Waals surface area (Å²) in [5, 5.41) is 5.69. The number of fused-ring (bicyclic) bond motifs is 1. The Kier molecular flexibility index (Phi) is 6.62. The molecule has 36 heavy (non-hydrogen) atoms. The van der Waals surface area contributed by atoms with E-state index in [1.807, 2.05) is 53.2 Å². The minimum atomic E-state index is -0.758. The van der Waals surface area contributed by atoms with E-state index in [0.29, 0.717) is 25.3 Å². The molecule has 0 saturated carbocycles. The molecule has 0 atom stereocenters. The monoisotopic (exact) mass is 489 g/mol. The molecule has 2 aromatic carbocycles. The maximum atomic E-state index is 13.5. The quantitative estimate of drug-likeness (QED) is 0.416. The number of imidazole rings is 1. The lowest BCUT2D eigenvalue weighted by molar-refractivity contribution is 0.0712. The molecular formula is C27H25F2N5O2. The average molecular weight is 490 g/mol. The largest absolute Gasteiger partial charge is 0.339 e. The predicted molar refractivity (Wildman–Crippen MR) is 132 cm³/mol. The molecule has 1 aliphatic rings. The van der Waals surface area contributed by atoms with Gasteiger partial charge in [0.25, 0.3) is 5.91 Å². The van der Waals surface area contributed by atoms with Crippen molar-refractivity contribution in [3.63, 3.8) is 0 Å². The Bertz CT molecular complexity index is 1370. The van der Waals surface area contributed by atoms with Crippen LogP contribution in [0, 0.1) is 11.6 Å². The fraction of sp³-hybridized carbons (Fsp3) is 0.222. The lowest BCUT2D eigenvalue weighted by Gasteiger charge is -2.32. The fourth-order valence-electron chi connectivity index (χ4n) is 4.53. The van der Waals surface area contributed by atoms with Gasteiger partial charge >= 0.3 is 6.03 Å². The zero-order chi connectivity index (χ0) is 25.1. The maximum Gasteiger partial charge on any atom is 0.319 e. The van der Waals surface area contributed by atoms with Crippen LogP contribution in [0.4, 0.5) is 19.3 Å². The second kappa shape index (κ2) is 10.2. The number of urea groups is 1. The van der Waals surface area contributed by atoms with Crippen molar-refractivity contribution >= 4 is 23.3 Å². The molecule has 7 nitrogen and oxygen atoms in total. The van der Waals surface area contributed by atoms with Gasteiger partial charge in [0.1, 0.15) is 17.3 Å². The van der Waals surface area contributed by atoms with E-state index < -0.39 is 11.6 Å². The van der Waals surface area contributed by atoms with E-state index in [1.54, 1.807) is 11.1 Å². The molecule has 3 heterocycles. The number of benzene rings is 2. The molecule has 184 valence electrons. The summed E-state index contributed by atoms with van der Waals surface area (Å²) in [5.74, 6) is -1.61. The number of aromatic nitrogens is 2. The molecule has 3 amide bonds. The van der Waals surface area contributed by atoms with Gasteiger partial charge in [-0.2, -0.15) is 0 Å². The lowest BCUT2D eigenvalue weighted by atomic mass is 9.89. The summed E-state index contributed by atoms with van der Waals surface area (Å²) in [4.78, 5) is 30.8. The number of halogens is 2. The highest BCUT2D eigenvalue weighted by molar-refractivity contribution is 5.94. The highest BCUT2D eigenvalue weighted by atomic mass is 19.1. The van der Waals surface area contributed by atoms with Crippen LogP contribution >= 0.6 is 0 Å². The summed E-state index contributed by atoms with van der Waals surface area (Å²) >= 11 is 0. The number of carbonyl (C=O) groups is 2. The smallest absolute Gasteiger partial charge is 0.319 e. The Balaban J connectivity index is 1.11. The third-order valence-corrected chi connectivity index (χ3v) is 6.45. The minimum Gasteiger partial charge on any atom is -0.339 e. The van der Waals surface area contributed by atoms with Crippen LogP contribution in [-0.2, 0) is 6.54 Å². The zero-order valence-corrected chi connectivity index (χ0v) is 19.5. The third-order valence-electron chi connectivity index (χ3n) is 6.45. The predicted octanol–water partition coefficient (Wildman–Crippen LogP) is 4.95. The van der Waals surface area contributed by atoms with Crippen molar-refractivity contribution in [1.29, 1.82) is 0 Å². The van der Waals surface area contributed by atoms with Crippen LogP contribution in [0.2, 0.25) is 0 Å². The van der Waals surface area contributed by atoms with Gasteiger partial charge in [0.05, 0.1) is 0 Å². The highest BCUT2D eigenvalue weighted by Gasteiger charge is 2.25. The first-order chi connectivity index (χ1) is 17.4. The van der Waals surface area contributed by atoms with Gasteiger partial charge in [-0.25, -0.2) is 18.6 Å². The summed E-state index contributed by atoms with van der Waals surface area (Å²) in [5.41, 5.74) is 3.61. The second-order valence-corrected chi connectivity index (χ2v) is 8.88. The van der Waals surface area contributed by atoms with Gasteiger partial charge < -0.3 is 19.9 Å². The van der Waals surface area contributed by atoms with Gasteiger partial charge in [0, 0.05) is 55.5 Å². The second-order valence-electron chi connectivity index (χ2n) is 8.88. The lowest BCUT2D eigenvalue weighted by Crippen LogP contribution is -2.38. The first-order valence-electron chi connectivity index (χ1n) is 11.8. The van der Waals surface area contributed by atoms with Crippen molar-refractivity contribution in [2.45, 2.75) is 25.3 Å². The van der Waals surface area contributed by atoms with E-state index in [9.17, 15) is 18.4 Å². The third kappa shape index (κ3) is 5.35. The Morgan fingerprint density at radius 2 is 1.67 bits per heavy atom. The van der Waals surface area contributed by atoms with Crippen molar-refractivity contribution in [2.75, 3.05) is 18.4 Å². The van der Waals surface area contributed by atoms with Gasteiger partial charge in [-0.05, 0) is 66.3 Å². The number of hydrogen-bond acceptors (Lipinski definition) is 3. The summed E-state index contributed by atoms with van der Waals surface area (Å²) in [6.07, 6.45) is 6.98. The molecular weight excluding hydrogens is 464 g/mol. The van der Waals surface area contributed by atoms with E-state index in [2.05, 4.69) is 15.6 Å². The normalized spacial score (nSPS) is 14.1. The number of nitrogens with one attached hydrogen (secondary N) is 2. The van der Waals surface area contributed by atoms with E-state index >= 15 is 0 Å². The van der Waals surface area contributed by atoms with E-state index in [4.69, 9.17) is 0 Å². The van der Waals surface area contributed by atoms with Gasteiger partial charge in [0.2, 0.25) is 0 Å². The van der Waals surface area contributed by atoms with Gasteiger partial charge in [-0.1, -0.05) is 12.1 Å². The van der Waals surface area contributed by atoms with Gasteiger partial charge in [0.15, 0.2) is 0 Å². The molecule has 0 bridgehead atoms. The van der Waals surface area contributed by atoms with Crippen LogP contribution in [0.1, 0.15) is 40.2 Å². The SMILES string of the molecule is O=C(NCc1ccn2ccnc2c1)Nc1ccc(C2CCN(C(=O)c3cc(F)cc(F)c3)CC2)cc1. The van der Waals surface area contributed by atoms with Crippen molar-refractivity contribution in [1.82, 2.24) is 19.6 Å². The first-order valence-corrected chi connectivity index (χ1v) is 11.8. The first kappa shape index (κ1) is 23.5. The molecule has 9 heteroatoms. The Morgan fingerprint density at radius 1 is 0.944 bits per heavy atom. The maximum absolute atomic E-state index is 13.5. The molecule has 1 aliphatic heterocycles. The molecule has 0 radical (unpaired) electrons. The molecule has 1 saturated heterocycles. The summed E-state index contributed by atoms with van der Waals surface area (Å²) < 4.78 is 28.8. The van der Waals surface area contributed by atoms with Crippen LogP contribution < -0.4 is 10.6 Å². The highest BCUT2D eigenvalue weighted by Crippen LogP contribution is 2.29. The van der Waals surface area contributed by atoms with Crippen LogP contribution in [-0.4, -0.2) is 39.3 Å². The summed E-state index contributed by atoms with van der Waals surface area (Å²) in [6.45, 7) is 1.40. The number of rotatable bonds is 5. The summed E-state index contributed by atoms with van der Waals surface area (Å²) in [6, 6.07) is 14.1. The standard InChI is InChI=1S/C27H25F2N5O2/c28-22-14-21(15-23(29)16-22)26(35)34-10-6-20(7-11-34)19-1-3-24(4-2-19)32-27(36)31-17-18-5-9-33-12-8-30-25(33)13-18/h1-5,8-9,12-16,20H,6-7,10-11,17H2,(H2,31,32,36). The number of nitrogens with zero attached hydrogens (tertiary/aromatic N) is 3. The molecule has 0 aliphatic carbocycles. The number of likely N-dealkylation sites (tertiary alicyclic amines) is 1. The Hall–Kier alpha value is -4.27. The zero-order valence-electron chi connectivity index (χ0n) is 19.5. The molecule has 0 spiro atoms. The van der Waals surface area contributed by atoms with E-state index in [1.165, 1.54) is 0 Å². The molecule has 2 aromatic heterocycles. The number of anilines is 1. The van der Waals surface area contributed by atoms with Gasteiger partial charge in [-0.3, -0.25) is 4.79 Å². The molecule has 2 N–H and O–H groups in total. The Morgan fingerprint density at radius 3 is 2.39 bits per heavy atom. The minimum absolute atomic E-state index is 0.0294. The molecule has 5 rings (SSSR count). The van der Waals surface area contributed by atoms with E-state index in [-0.39, 0.29) is 23.4 Å². The molecule has 0 unspecified atom stereocenters. The van der Waals surface area contributed by atoms with Crippen molar-refractivity contribution in [3.05, 3.63) is 102 Å². The average Bonchev–Trinajstić information content (AvgIpc) is 3.35. The van der Waals surface area contributed by atoms with Crippen molar-refractivity contribution < 1.29 is 18.4 Å². The van der Waals surface area contributed by atoms with E-state index in [0.717, 1.165) is 47.8 Å². The number of piperidine rings is 1. The number of carbonyl (C=O) groups excluding carboxylic acids is 2. The van der Waals surface area contributed by atoms with Crippen LogP contribution in [0.15, 0.2) is 73.2 Å². The van der Waals surface area contributed by atoms with Crippen LogP contribution in [0.3, 0.4) is 0 Å². The van der Waals surface area contributed by atoms with Crippen LogP contribution in [0.25, 0.3) is 5.65 Å².